The normalized spacial score (nSPS) is 28.9. The maximum Gasteiger partial charge on any atom is 0.310 e. The molecule has 6 nitrogen and oxygen atoms in total. The van der Waals surface area contributed by atoms with Crippen molar-refractivity contribution in [2.24, 2.45) is 23.7 Å². The summed E-state index contributed by atoms with van der Waals surface area (Å²) in [4.78, 5) is 37.6. The van der Waals surface area contributed by atoms with Crippen LogP contribution in [0.1, 0.15) is 23.2 Å². The number of halogens is 1. The molecular formula is C22H19IN2O4. The van der Waals surface area contributed by atoms with Gasteiger partial charge in [0, 0.05) is 26.4 Å². The van der Waals surface area contributed by atoms with Crippen molar-refractivity contribution in [1.82, 2.24) is 0 Å². The van der Waals surface area contributed by atoms with Crippen molar-refractivity contribution in [3.05, 3.63) is 57.7 Å². The standard InChI is InChI=1S/C22H19IN2O4/c23-13-4-6-14(7-5-13)24-20(26)11-2-1-3-15(8-11)25-21(27)18-12-9-16-17(10-12)29-22(28)19(16)18/h1-8,12,16-19H,9-10H2,(H,24,26)(H,25,27)/t12-,16-,17-,18-,19-/m0/s1. The number of esters is 1. The van der Waals surface area contributed by atoms with Crippen LogP contribution in [0.2, 0.25) is 0 Å². The lowest BCUT2D eigenvalue weighted by molar-refractivity contribution is -0.145. The zero-order valence-electron chi connectivity index (χ0n) is 15.4. The minimum atomic E-state index is -0.337. The fourth-order valence-electron chi connectivity index (χ4n) is 5.06. The second-order valence-corrected chi connectivity index (χ2v) is 9.20. The van der Waals surface area contributed by atoms with Gasteiger partial charge in [-0.1, -0.05) is 6.07 Å². The number of rotatable bonds is 4. The molecule has 2 aromatic carbocycles. The van der Waals surface area contributed by atoms with Gasteiger partial charge in [0.25, 0.3) is 5.91 Å². The van der Waals surface area contributed by atoms with Crippen LogP contribution in [0.5, 0.6) is 0 Å². The third-order valence-electron chi connectivity index (χ3n) is 6.28. The molecule has 2 aliphatic carbocycles. The summed E-state index contributed by atoms with van der Waals surface area (Å²) < 4.78 is 6.50. The monoisotopic (exact) mass is 502 g/mol. The molecule has 29 heavy (non-hydrogen) atoms. The van der Waals surface area contributed by atoms with Gasteiger partial charge < -0.3 is 15.4 Å². The summed E-state index contributed by atoms with van der Waals surface area (Å²) in [5.74, 6) is -0.894. The first-order chi connectivity index (χ1) is 14.0. The first-order valence-corrected chi connectivity index (χ1v) is 10.8. The van der Waals surface area contributed by atoms with Crippen molar-refractivity contribution in [3.63, 3.8) is 0 Å². The molecule has 7 heteroatoms. The Morgan fingerprint density at radius 2 is 1.79 bits per heavy atom. The SMILES string of the molecule is O=C(Nc1ccc(I)cc1)c1cccc(NC(=O)[C@H]2[C@H]3C[C@@H]4[C@@H]2C(=O)O[C@H]4C3)c1. The second kappa shape index (κ2) is 7.12. The van der Waals surface area contributed by atoms with Crippen LogP contribution in [-0.2, 0) is 14.3 Å². The van der Waals surface area contributed by atoms with Gasteiger partial charge in [-0.25, -0.2) is 0 Å². The molecule has 3 aliphatic rings. The van der Waals surface area contributed by atoms with Crippen LogP contribution < -0.4 is 10.6 Å². The molecule has 2 aromatic rings. The van der Waals surface area contributed by atoms with Gasteiger partial charge in [0.05, 0.1) is 11.8 Å². The van der Waals surface area contributed by atoms with Crippen LogP contribution in [0.15, 0.2) is 48.5 Å². The zero-order valence-corrected chi connectivity index (χ0v) is 17.6. The first kappa shape index (κ1) is 18.6. The number of fused-ring (bicyclic) bond motifs is 1. The van der Waals surface area contributed by atoms with Crippen molar-refractivity contribution in [2.45, 2.75) is 18.9 Å². The summed E-state index contributed by atoms with van der Waals surface area (Å²) in [5, 5.41) is 5.77. The van der Waals surface area contributed by atoms with Gasteiger partial charge in [-0.3, -0.25) is 14.4 Å². The molecule has 2 amide bonds. The first-order valence-electron chi connectivity index (χ1n) is 9.68. The number of carbonyl (C=O) groups excluding carboxylic acids is 3. The number of amides is 2. The summed E-state index contributed by atoms with van der Waals surface area (Å²) in [6, 6.07) is 14.4. The Hall–Kier alpha value is -2.42. The summed E-state index contributed by atoms with van der Waals surface area (Å²) in [6.07, 6.45) is 1.68. The Kier molecular flexibility index (Phi) is 4.57. The van der Waals surface area contributed by atoms with Crippen LogP contribution in [0.4, 0.5) is 11.4 Å². The molecule has 1 aliphatic heterocycles. The minimum Gasteiger partial charge on any atom is -0.462 e. The van der Waals surface area contributed by atoms with E-state index < -0.39 is 0 Å². The Morgan fingerprint density at radius 1 is 1.00 bits per heavy atom. The predicted octanol–water partition coefficient (Wildman–Crippen LogP) is 3.68. The Morgan fingerprint density at radius 3 is 2.59 bits per heavy atom. The number of carbonyl (C=O) groups is 3. The van der Waals surface area contributed by atoms with Gasteiger partial charge in [0.1, 0.15) is 6.10 Å². The van der Waals surface area contributed by atoms with Crippen LogP contribution >= 0.6 is 22.6 Å². The highest BCUT2D eigenvalue weighted by atomic mass is 127. The van der Waals surface area contributed by atoms with E-state index >= 15 is 0 Å². The number of nitrogens with one attached hydrogen (secondary N) is 2. The highest BCUT2D eigenvalue weighted by Crippen LogP contribution is 2.57. The average Bonchev–Trinajstić information content (AvgIpc) is 3.32. The molecule has 0 spiro atoms. The van der Waals surface area contributed by atoms with Crippen molar-refractivity contribution >= 4 is 51.7 Å². The molecule has 0 radical (unpaired) electrons. The lowest BCUT2D eigenvalue weighted by Gasteiger charge is -2.23. The summed E-state index contributed by atoms with van der Waals surface area (Å²) in [5.41, 5.74) is 1.71. The molecule has 3 fully saturated rings. The van der Waals surface area contributed by atoms with E-state index in [9.17, 15) is 14.4 Å². The van der Waals surface area contributed by atoms with Crippen LogP contribution in [-0.4, -0.2) is 23.9 Å². The van der Waals surface area contributed by atoms with Crippen molar-refractivity contribution in [1.29, 1.82) is 0 Å². The maximum atomic E-state index is 12.9. The largest absolute Gasteiger partial charge is 0.462 e. The number of ether oxygens (including phenoxy) is 1. The van der Waals surface area contributed by atoms with E-state index in [0.29, 0.717) is 16.9 Å². The Bertz CT molecular complexity index is 1000. The maximum absolute atomic E-state index is 12.9. The van der Waals surface area contributed by atoms with Gasteiger partial charge in [0.2, 0.25) is 5.91 Å². The van der Waals surface area contributed by atoms with E-state index in [4.69, 9.17) is 4.74 Å². The highest BCUT2D eigenvalue weighted by Gasteiger charge is 2.63. The second-order valence-electron chi connectivity index (χ2n) is 7.95. The fraction of sp³-hybridized carbons (Fsp3) is 0.318. The van der Waals surface area contributed by atoms with Crippen LogP contribution in [0.25, 0.3) is 0 Å². The average molecular weight is 502 g/mol. The van der Waals surface area contributed by atoms with Gasteiger partial charge >= 0.3 is 5.97 Å². The van der Waals surface area contributed by atoms with E-state index in [1.165, 1.54) is 0 Å². The molecule has 148 valence electrons. The molecule has 5 rings (SSSR count). The third kappa shape index (κ3) is 3.31. The van der Waals surface area contributed by atoms with E-state index in [2.05, 4.69) is 33.2 Å². The smallest absolute Gasteiger partial charge is 0.310 e. The fourth-order valence-corrected chi connectivity index (χ4v) is 5.42. The minimum absolute atomic E-state index is 0.00911. The summed E-state index contributed by atoms with van der Waals surface area (Å²) >= 11 is 2.21. The number of anilines is 2. The van der Waals surface area contributed by atoms with E-state index in [1.807, 2.05) is 24.3 Å². The van der Waals surface area contributed by atoms with Crippen LogP contribution in [0.3, 0.4) is 0 Å². The number of hydrogen-bond acceptors (Lipinski definition) is 4. The Balaban J connectivity index is 1.29. The van der Waals surface area contributed by atoms with Gasteiger partial charge in [-0.2, -0.15) is 0 Å². The zero-order chi connectivity index (χ0) is 20.1. The van der Waals surface area contributed by atoms with Gasteiger partial charge in [-0.15, -0.1) is 0 Å². The molecule has 0 unspecified atom stereocenters. The van der Waals surface area contributed by atoms with Gasteiger partial charge in [0.15, 0.2) is 0 Å². The molecule has 5 atom stereocenters. The van der Waals surface area contributed by atoms with Crippen molar-refractivity contribution in [2.75, 3.05) is 10.6 Å². The Labute approximate surface area is 181 Å². The highest BCUT2D eigenvalue weighted by molar-refractivity contribution is 14.1. The van der Waals surface area contributed by atoms with E-state index in [1.54, 1.807) is 24.3 Å². The molecular weight excluding hydrogens is 483 g/mol. The summed E-state index contributed by atoms with van der Waals surface area (Å²) in [7, 11) is 0. The summed E-state index contributed by atoms with van der Waals surface area (Å²) in [6.45, 7) is 0. The van der Waals surface area contributed by atoms with Crippen molar-refractivity contribution < 1.29 is 19.1 Å². The number of hydrogen-bond donors (Lipinski definition) is 2. The molecule has 0 aromatic heterocycles. The topological polar surface area (TPSA) is 84.5 Å². The molecule has 2 saturated carbocycles. The van der Waals surface area contributed by atoms with Gasteiger partial charge in [-0.05, 0) is 83.8 Å². The van der Waals surface area contributed by atoms with Crippen LogP contribution in [0, 0.1) is 27.2 Å². The molecule has 1 heterocycles. The lowest BCUT2D eigenvalue weighted by atomic mass is 9.79. The quantitative estimate of drug-likeness (QED) is 0.494. The lowest BCUT2D eigenvalue weighted by Crippen LogP contribution is -2.35. The molecule has 1 saturated heterocycles. The van der Waals surface area contributed by atoms with E-state index in [0.717, 1.165) is 16.4 Å². The number of benzene rings is 2. The predicted molar refractivity (Wildman–Crippen MR) is 115 cm³/mol. The molecule has 2 bridgehead atoms. The third-order valence-corrected chi connectivity index (χ3v) is 7.00. The van der Waals surface area contributed by atoms with Crippen molar-refractivity contribution in [3.8, 4) is 0 Å². The molecule has 2 N–H and O–H groups in total. The van der Waals surface area contributed by atoms with E-state index in [-0.39, 0.29) is 47.6 Å².